The Bertz CT molecular complexity index is 1370. The summed E-state index contributed by atoms with van der Waals surface area (Å²) in [6.45, 7) is 3.59. The molecule has 2 N–H and O–H groups in total. The lowest BCUT2D eigenvalue weighted by Crippen LogP contribution is -2.16. The van der Waals surface area contributed by atoms with E-state index in [4.69, 9.17) is 0 Å². The predicted molar refractivity (Wildman–Crippen MR) is 124 cm³/mol. The smallest absolute Gasteiger partial charge is 0.278 e. The second-order valence-corrected chi connectivity index (χ2v) is 8.70. The van der Waals surface area contributed by atoms with Crippen LogP contribution in [0.1, 0.15) is 16.7 Å². The number of nitrogens with zero attached hydrogens (tertiary/aromatic N) is 3. The number of hydrogen-bond acceptors (Lipinski definition) is 8. The second-order valence-electron chi connectivity index (χ2n) is 7.05. The molecule has 3 aromatic rings. The molecule has 0 fully saturated rings. The number of nitro benzene ring substituents is 2. The second kappa shape index (κ2) is 9.44. The molecule has 0 amide bonds. The zero-order valence-electron chi connectivity index (χ0n) is 17.6. The minimum atomic E-state index is -4.25. The Morgan fingerprint density at radius 2 is 1.61 bits per heavy atom. The topological polar surface area (TPSA) is 157 Å². The highest BCUT2D eigenvalue weighted by atomic mass is 32.2. The standard InChI is InChI=1S/C21H19N5O6S/c1-14-7-9-18(15(2)11-14)24-33(31,32)21-12-17(25(27)28)8-10-19(21)23-22-13-16-5-3-4-6-20(16)26(29)30/h3-13,23-24H,1-2H3/b22-13-. The molecular formula is C21H19N5O6S. The zero-order valence-corrected chi connectivity index (χ0v) is 18.4. The summed E-state index contributed by atoms with van der Waals surface area (Å²) in [7, 11) is -4.25. The third kappa shape index (κ3) is 5.49. The summed E-state index contributed by atoms with van der Waals surface area (Å²) in [5, 5.41) is 26.3. The molecule has 0 radical (unpaired) electrons. The first kappa shape index (κ1) is 23.3. The van der Waals surface area contributed by atoms with Crippen molar-refractivity contribution in [1.29, 1.82) is 0 Å². The first-order valence-corrected chi connectivity index (χ1v) is 11.0. The number of hydrogen-bond donors (Lipinski definition) is 2. The van der Waals surface area contributed by atoms with Crippen molar-refractivity contribution in [2.75, 3.05) is 10.1 Å². The van der Waals surface area contributed by atoms with Crippen molar-refractivity contribution in [3.8, 4) is 0 Å². The van der Waals surface area contributed by atoms with E-state index in [0.717, 1.165) is 23.9 Å². The van der Waals surface area contributed by atoms with Crippen LogP contribution in [0, 0.1) is 34.1 Å². The molecule has 0 aromatic heterocycles. The van der Waals surface area contributed by atoms with Crippen LogP contribution in [0.2, 0.25) is 0 Å². The van der Waals surface area contributed by atoms with Gasteiger partial charge in [0.15, 0.2) is 0 Å². The van der Waals surface area contributed by atoms with Gasteiger partial charge in [-0.15, -0.1) is 0 Å². The van der Waals surface area contributed by atoms with Crippen LogP contribution < -0.4 is 10.1 Å². The van der Waals surface area contributed by atoms with Gasteiger partial charge in [0.05, 0.1) is 33.0 Å². The molecule has 0 aliphatic heterocycles. The summed E-state index contributed by atoms with van der Waals surface area (Å²) in [6.07, 6.45) is 1.16. The number of non-ortho nitro benzene ring substituents is 1. The van der Waals surface area contributed by atoms with E-state index in [-0.39, 0.29) is 16.9 Å². The first-order valence-electron chi connectivity index (χ1n) is 9.49. The number of para-hydroxylation sites is 1. The molecule has 3 rings (SSSR count). The molecule has 0 bridgehead atoms. The summed E-state index contributed by atoms with van der Waals surface area (Å²) in [6, 6.07) is 14.2. The number of nitro groups is 2. The molecule has 3 aromatic carbocycles. The normalized spacial score (nSPS) is 11.3. The molecule has 0 saturated carbocycles. The van der Waals surface area contributed by atoms with E-state index in [1.54, 1.807) is 31.2 Å². The zero-order chi connectivity index (χ0) is 24.2. The van der Waals surface area contributed by atoms with Gasteiger partial charge in [0, 0.05) is 18.2 Å². The molecule has 33 heavy (non-hydrogen) atoms. The fraction of sp³-hybridized carbons (Fsp3) is 0.0952. The van der Waals surface area contributed by atoms with Crippen molar-refractivity contribution in [3.05, 3.63) is 97.6 Å². The highest BCUT2D eigenvalue weighted by molar-refractivity contribution is 7.92. The average Bonchev–Trinajstić information content (AvgIpc) is 2.76. The van der Waals surface area contributed by atoms with Crippen molar-refractivity contribution in [1.82, 2.24) is 0 Å². The van der Waals surface area contributed by atoms with E-state index in [0.29, 0.717) is 11.3 Å². The van der Waals surface area contributed by atoms with E-state index in [9.17, 15) is 28.6 Å². The highest BCUT2D eigenvalue weighted by Crippen LogP contribution is 2.29. The van der Waals surface area contributed by atoms with E-state index in [1.165, 1.54) is 24.3 Å². The van der Waals surface area contributed by atoms with Crippen LogP contribution in [0.4, 0.5) is 22.7 Å². The van der Waals surface area contributed by atoms with Crippen LogP contribution in [0.5, 0.6) is 0 Å². The molecule has 0 saturated heterocycles. The third-order valence-electron chi connectivity index (χ3n) is 4.61. The molecule has 0 aliphatic rings. The van der Waals surface area contributed by atoms with E-state index in [1.807, 2.05) is 6.92 Å². The van der Waals surface area contributed by atoms with E-state index in [2.05, 4.69) is 15.2 Å². The summed E-state index contributed by atoms with van der Waals surface area (Å²) >= 11 is 0. The molecule has 12 heteroatoms. The first-order chi connectivity index (χ1) is 15.6. The Kier molecular flexibility index (Phi) is 6.68. The van der Waals surface area contributed by atoms with Gasteiger partial charge in [0.1, 0.15) is 4.90 Å². The lowest BCUT2D eigenvalue weighted by atomic mass is 10.1. The van der Waals surface area contributed by atoms with Crippen LogP contribution in [-0.2, 0) is 10.0 Å². The van der Waals surface area contributed by atoms with Gasteiger partial charge in [-0.25, -0.2) is 8.42 Å². The van der Waals surface area contributed by atoms with Crippen molar-refractivity contribution >= 4 is 39.0 Å². The number of aryl methyl sites for hydroxylation is 2. The Morgan fingerprint density at radius 1 is 0.909 bits per heavy atom. The van der Waals surface area contributed by atoms with Gasteiger partial charge in [0.2, 0.25) is 0 Å². The number of sulfonamides is 1. The van der Waals surface area contributed by atoms with Crippen LogP contribution in [0.25, 0.3) is 0 Å². The number of anilines is 2. The maximum atomic E-state index is 13.1. The largest absolute Gasteiger partial charge is 0.279 e. The van der Waals surface area contributed by atoms with Crippen molar-refractivity contribution in [2.45, 2.75) is 18.7 Å². The van der Waals surface area contributed by atoms with Gasteiger partial charge in [-0.1, -0.05) is 29.8 Å². The van der Waals surface area contributed by atoms with Gasteiger partial charge in [-0.05, 0) is 37.6 Å². The molecular weight excluding hydrogens is 450 g/mol. The van der Waals surface area contributed by atoms with Crippen LogP contribution in [0.3, 0.4) is 0 Å². The van der Waals surface area contributed by atoms with Crippen LogP contribution >= 0.6 is 0 Å². The van der Waals surface area contributed by atoms with Crippen molar-refractivity contribution < 1.29 is 18.3 Å². The van der Waals surface area contributed by atoms with Crippen molar-refractivity contribution in [2.24, 2.45) is 5.10 Å². The Balaban J connectivity index is 1.98. The summed E-state index contributed by atoms with van der Waals surface area (Å²) < 4.78 is 28.6. The minimum Gasteiger partial charge on any atom is -0.279 e. The molecule has 0 spiro atoms. The maximum absolute atomic E-state index is 13.1. The SMILES string of the molecule is Cc1ccc(NS(=O)(=O)c2cc([N+](=O)[O-])ccc2N/N=C\c2ccccc2[N+](=O)[O-])c(C)c1. The minimum absolute atomic E-state index is 0.0484. The van der Waals surface area contributed by atoms with Gasteiger partial charge in [-0.2, -0.15) is 5.10 Å². The van der Waals surface area contributed by atoms with Crippen LogP contribution in [-0.4, -0.2) is 24.5 Å². The number of benzene rings is 3. The number of nitrogens with one attached hydrogen (secondary N) is 2. The average molecular weight is 469 g/mol. The summed E-state index contributed by atoms with van der Waals surface area (Å²) in [5.74, 6) is 0. The van der Waals surface area contributed by atoms with E-state index < -0.39 is 30.5 Å². The van der Waals surface area contributed by atoms with Gasteiger partial charge >= 0.3 is 0 Å². The number of hydrazone groups is 1. The van der Waals surface area contributed by atoms with Gasteiger partial charge in [-0.3, -0.25) is 30.4 Å². The molecule has 0 unspecified atom stereocenters. The Morgan fingerprint density at radius 3 is 2.27 bits per heavy atom. The highest BCUT2D eigenvalue weighted by Gasteiger charge is 2.23. The molecule has 0 aliphatic carbocycles. The predicted octanol–water partition coefficient (Wildman–Crippen LogP) is 4.37. The maximum Gasteiger partial charge on any atom is 0.278 e. The molecule has 170 valence electrons. The van der Waals surface area contributed by atoms with Gasteiger partial charge < -0.3 is 0 Å². The van der Waals surface area contributed by atoms with E-state index >= 15 is 0 Å². The third-order valence-corrected chi connectivity index (χ3v) is 6.02. The molecule has 0 heterocycles. The summed E-state index contributed by atoms with van der Waals surface area (Å²) in [4.78, 5) is 20.7. The van der Waals surface area contributed by atoms with Gasteiger partial charge in [0.25, 0.3) is 21.4 Å². The Hall–Kier alpha value is -4.32. The van der Waals surface area contributed by atoms with Crippen molar-refractivity contribution in [3.63, 3.8) is 0 Å². The lowest BCUT2D eigenvalue weighted by Gasteiger charge is -2.14. The fourth-order valence-corrected chi connectivity index (χ4v) is 4.31. The fourth-order valence-electron chi connectivity index (χ4n) is 3.00. The lowest BCUT2D eigenvalue weighted by molar-refractivity contribution is -0.385. The summed E-state index contributed by atoms with van der Waals surface area (Å²) in [5.41, 5.74) is 3.98. The van der Waals surface area contributed by atoms with Crippen LogP contribution in [0.15, 0.2) is 70.7 Å². The Labute approximate surface area is 189 Å². The monoisotopic (exact) mass is 469 g/mol. The molecule has 11 nitrogen and oxygen atoms in total. The molecule has 0 atom stereocenters. The quantitative estimate of drug-likeness (QED) is 0.282. The number of rotatable bonds is 8.